The zero-order valence-electron chi connectivity index (χ0n) is 11.2. The van der Waals surface area contributed by atoms with Gasteiger partial charge in [-0.1, -0.05) is 44.2 Å². The first-order valence-electron chi connectivity index (χ1n) is 6.43. The Kier molecular flexibility index (Phi) is 4.10. The van der Waals surface area contributed by atoms with Crippen LogP contribution in [0, 0.1) is 5.92 Å². The molecule has 1 heterocycles. The van der Waals surface area contributed by atoms with Crippen LogP contribution in [0.5, 0.6) is 0 Å². The van der Waals surface area contributed by atoms with Crippen LogP contribution in [0.15, 0.2) is 36.5 Å². The zero-order chi connectivity index (χ0) is 13.0. The van der Waals surface area contributed by atoms with E-state index in [-0.39, 0.29) is 6.04 Å². The molecule has 0 saturated heterocycles. The van der Waals surface area contributed by atoms with Crippen molar-refractivity contribution in [3.63, 3.8) is 0 Å². The van der Waals surface area contributed by atoms with Gasteiger partial charge in [0.15, 0.2) is 0 Å². The summed E-state index contributed by atoms with van der Waals surface area (Å²) in [4.78, 5) is 0. The average molecular weight is 244 g/mol. The number of hydrogen-bond acceptors (Lipinski definition) is 3. The van der Waals surface area contributed by atoms with E-state index in [9.17, 15) is 0 Å². The summed E-state index contributed by atoms with van der Waals surface area (Å²) in [6.07, 6.45) is 1.85. The highest BCUT2D eigenvalue weighted by atomic mass is 15.4. The van der Waals surface area contributed by atoms with Crippen LogP contribution < -0.4 is 5.32 Å². The molecule has 1 atom stereocenters. The van der Waals surface area contributed by atoms with Crippen LogP contribution >= 0.6 is 0 Å². The fourth-order valence-electron chi connectivity index (χ4n) is 2.13. The van der Waals surface area contributed by atoms with Gasteiger partial charge in [0.2, 0.25) is 0 Å². The SMILES string of the molecule is CCNC(c1cnnn1-c1ccccc1)C(C)C. The third-order valence-corrected chi connectivity index (χ3v) is 2.99. The molecule has 4 nitrogen and oxygen atoms in total. The lowest BCUT2D eigenvalue weighted by molar-refractivity contribution is 0.405. The summed E-state index contributed by atoms with van der Waals surface area (Å²) in [5.74, 6) is 0.492. The molecule has 2 aromatic rings. The topological polar surface area (TPSA) is 42.7 Å². The Labute approximate surface area is 108 Å². The Morgan fingerprint density at radius 1 is 1.22 bits per heavy atom. The minimum atomic E-state index is 0.269. The van der Waals surface area contributed by atoms with Crippen LogP contribution in [0.25, 0.3) is 5.69 Å². The zero-order valence-corrected chi connectivity index (χ0v) is 11.2. The molecule has 0 aliphatic carbocycles. The molecule has 0 spiro atoms. The van der Waals surface area contributed by atoms with E-state index in [1.165, 1.54) is 0 Å². The first-order chi connectivity index (χ1) is 8.74. The molecular weight excluding hydrogens is 224 g/mol. The molecule has 18 heavy (non-hydrogen) atoms. The fourth-order valence-corrected chi connectivity index (χ4v) is 2.13. The van der Waals surface area contributed by atoms with Crippen LogP contribution in [0.4, 0.5) is 0 Å². The van der Waals surface area contributed by atoms with Gasteiger partial charge in [-0.3, -0.25) is 0 Å². The second kappa shape index (κ2) is 5.78. The molecule has 0 aliphatic heterocycles. The van der Waals surface area contributed by atoms with Crippen molar-refractivity contribution in [2.24, 2.45) is 5.92 Å². The summed E-state index contributed by atoms with van der Waals surface area (Å²) in [6.45, 7) is 7.46. The van der Waals surface area contributed by atoms with E-state index in [0.29, 0.717) is 5.92 Å². The Bertz CT molecular complexity index is 476. The number of nitrogens with one attached hydrogen (secondary N) is 1. The van der Waals surface area contributed by atoms with Gasteiger partial charge in [0.25, 0.3) is 0 Å². The molecule has 0 amide bonds. The largest absolute Gasteiger partial charge is 0.309 e. The normalized spacial score (nSPS) is 12.9. The van der Waals surface area contributed by atoms with Gasteiger partial charge in [0, 0.05) is 0 Å². The van der Waals surface area contributed by atoms with E-state index < -0.39 is 0 Å². The lowest BCUT2D eigenvalue weighted by atomic mass is 10.0. The molecule has 1 N–H and O–H groups in total. The van der Waals surface area contributed by atoms with Gasteiger partial charge >= 0.3 is 0 Å². The van der Waals surface area contributed by atoms with Crippen molar-refractivity contribution < 1.29 is 0 Å². The lowest BCUT2D eigenvalue weighted by Gasteiger charge is -2.22. The fraction of sp³-hybridized carbons (Fsp3) is 0.429. The number of benzene rings is 1. The van der Waals surface area contributed by atoms with Gasteiger partial charge in [0.05, 0.1) is 23.6 Å². The quantitative estimate of drug-likeness (QED) is 0.879. The highest BCUT2D eigenvalue weighted by Gasteiger charge is 2.20. The molecule has 0 aliphatic rings. The van der Waals surface area contributed by atoms with Gasteiger partial charge < -0.3 is 5.32 Å². The molecule has 2 rings (SSSR count). The number of para-hydroxylation sites is 1. The molecule has 96 valence electrons. The summed E-state index contributed by atoms with van der Waals surface area (Å²) in [5.41, 5.74) is 2.16. The van der Waals surface area contributed by atoms with Gasteiger partial charge in [-0.25, -0.2) is 4.68 Å². The Morgan fingerprint density at radius 3 is 2.56 bits per heavy atom. The maximum Gasteiger partial charge on any atom is 0.0817 e. The van der Waals surface area contributed by atoms with Gasteiger partial charge in [-0.2, -0.15) is 0 Å². The summed E-state index contributed by atoms with van der Waals surface area (Å²) in [7, 11) is 0. The monoisotopic (exact) mass is 244 g/mol. The van der Waals surface area contributed by atoms with Crippen molar-refractivity contribution in [2.75, 3.05) is 6.54 Å². The molecule has 1 unspecified atom stereocenters. The third-order valence-electron chi connectivity index (χ3n) is 2.99. The maximum atomic E-state index is 4.20. The van der Waals surface area contributed by atoms with Gasteiger partial charge in [0.1, 0.15) is 0 Å². The van der Waals surface area contributed by atoms with Crippen molar-refractivity contribution in [1.29, 1.82) is 0 Å². The van der Waals surface area contributed by atoms with E-state index in [4.69, 9.17) is 0 Å². The first-order valence-corrected chi connectivity index (χ1v) is 6.43. The first kappa shape index (κ1) is 12.8. The third kappa shape index (κ3) is 2.59. The number of hydrogen-bond donors (Lipinski definition) is 1. The smallest absolute Gasteiger partial charge is 0.0817 e. The van der Waals surface area contributed by atoms with Crippen molar-refractivity contribution in [1.82, 2.24) is 20.3 Å². The summed E-state index contributed by atoms with van der Waals surface area (Å²) in [5, 5.41) is 11.7. The van der Waals surface area contributed by atoms with Crippen molar-refractivity contribution in [3.8, 4) is 5.69 Å². The van der Waals surface area contributed by atoms with Crippen LogP contribution in [-0.2, 0) is 0 Å². The van der Waals surface area contributed by atoms with Crippen molar-refractivity contribution in [2.45, 2.75) is 26.8 Å². The van der Waals surface area contributed by atoms with Gasteiger partial charge in [-0.15, -0.1) is 5.10 Å². The van der Waals surface area contributed by atoms with Crippen LogP contribution in [0.3, 0.4) is 0 Å². The van der Waals surface area contributed by atoms with Crippen LogP contribution in [0.1, 0.15) is 32.5 Å². The van der Waals surface area contributed by atoms with Crippen molar-refractivity contribution in [3.05, 3.63) is 42.2 Å². The van der Waals surface area contributed by atoms with Crippen LogP contribution in [0.2, 0.25) is 0 Å². The second-order valence-corrected chi connectivity index (χ2v) is 4.69. The molecule has 0 saturated carbocycles. The number of nitrogens with zero attached hydrogens (tertiary/aromatic N) is 3. The predicted octanol–water partition coefficient (Wildman–Crippen LogP) is 2.57. The van der Waals surface area contributed by atoms with Crippen molar-refractivity contribution >= 4 is 0 Å². The van der Waals surface area contributed by atoms with E-state index in [2.05, 4.69) is 36.4 Å². The molecule has 0 radical (unpaired) electrons. The minimum absolute atomic E-state index is 0.269. The molecule has 0 bridgehead atoms. The Hall–Kier alpha value is -1.68. The van der Waals surface area contributed by atoms with E-state index in [1.54, 1.807) is 0 Å². The lowest BCUT2D eigenvalue weighted by Crippen LogP contribution is -2.27. The minimum Gasteiger partial charge on any atom is -0.309 e. The van der Waals surface area contributed by atoms with E-state index in [0.717, 1.165) is 17.9 Å². The predicted molar refractivity (Wildman–Crippen MR) is 72.6 cm³/mol. The number of aromatic nitrogens is 3. The Morgan fingerprint density at radius 2 is 1.94 bits per heavy atom. The van der Waals surface area contributed by atoms with Gasteiger partial charge in [-0.05, 0) is 24.6 Å². The molecule has 1 aromatic heterocycles. The highest BCUT2D eigenvalue weighted by Crippen LogP contribution is 2.22. The molecule has 1 aromatic carbocycles. The maximum absolute atomic E-state index is 4.20. The standard InChI is InChI=1S/C14H20N4/c1-4-15-14(11(2)3)13-10-16-17-18(13)12-8-6-5-7-9-12/h5-11,14-15H,4H2,1-3H3. The number of rotatable bonds is 5. The summed E-state index contributed by atoms with van der Waals surface area (Å²) in [6, 6.07) is 10.4. The van der Waals surface area contributed by atoms with Crippen LogP contribution in [-0.4, -0.2) is 21.5 Å². The summed E-state index contributed by atoms with van der Waals surface area (Å²) < 4.78 is 1.91. The second-order valence-electron chi connectivity index (χ2n) is 4.69. The molecule has 4 heteroatoms. The average Bonchev–Trinajstić information content (AvgIpc) is 2.85. The van der Waals surface area contributed by atoms with E-state index in [1.807, 2.05) is 41.2 Å². The highest BCUT2D eigenvalue weighted by molar-refractivity contribution is 5.32. The Balaban J connectivity index is 2.37. The summed E-state index contributed by atoms with van der Waals surface area (Å²) >= 11 is 0. The van der Waals surface area contributed by atoms with E-state index >= 15 is 0 Å². The molecular formula is C14H20N4. The molecule has 0 fully saturated rings.